The second-order valence-electron chi connectivity index (χ2n) is 4.94. The molecular weight excluding hydrogens is 242 g/mol. The van der Waals surface area contributed by atoms with Crippen LogP contribution in [0.4, 0.5) is 0 Å². The van der Waals surface area contributed by atoms with Crippen molar-refractivity contribution >= 4 is 0 Å². The predicted octanol–water partition coefficient (Wildman–Crippen LogP) is 2.57. The van der Waals surface area contributed by atoms with E-state index in [1.54, 1.807) is 21.3 Å². The summed E-state index contributed by atoms with van der Waals surface area (Å²) < 4.78 is 15.3. The third-order valence-electron chi connectivity index (χ3n) is 3.22. The van der Waals surface area contributed by atoms with Crippen molar-refractivity contribution in [1.29, 1.82) is 0 Å². The highest BCUT2D eigenvalue weighted by Crippen LogP contribution is 2.03. The molecule has 0 aliphatic rings. The number of unbranched alkanes of at least 4 members (excludes halogenated alkanes) is 3. The quantitative estimate of drug-likeness (QED) is 0.430. The second kappa shape index (κ2) is 15.9. The number of nitrogens with zero attached hydrogens (tertiary/aromatic N) is 1. The maximum absolute atomic E-state index is 5.10. The van der Waals surface area contributed by atoms with Crippen molar-refractivity contribution in [2.45, 2.75) is 38.5 Å². The number of ether oxygens (including phenoxy) is 3. The Hall–Kier alpha value is -0.160. The Morgan fingerprint density at radius 3 is 1.11 bits per heavy atom. The Morgan fingerprint density at radius 2 is 0.842 bits per heavy atom. The molecule has 4 heteroatoms. The zero-order valence-electron chi connectivity index (χ0n) is 13.2. The Bertz CT molecular complexity index is 139. The van der Waals surface area contributed by atoms with Crippen LogP contribution >= 0.6 is 0 Å². The van der Waals surface area contributed by atoms with Crippen LogP contribution in [0.5, 0.6) is 0 Å². The van der Waals surface area contributed by atoms with Crippen LogP contribution < -0.4 is 0 Å². The van der Waals surface area contributed by atoms with Gasteiger partial charge in [-0.05, 0) is 58.2 Å². The van der Waals surface area contributed by atoms with Gasteiger partial charge in [-0.15, -0.1) is 0 Å². The van der Waals surface area contributed by atoms with E-state index in [1.807, 2.05) is 0 Å². The first-order valence-corrected chi connectivity index (χ1v) is 7.54. The molecule has 0 atom stereocenters. The minimum absolute atomic E-state index is 0.876. The lowest BCUT2D eigenvalue weighted by Gasteiger charge is -2.22. The standard InChI is InChI=1S/C15H33NO3/c1-17-13-7-4-10-16(11-5-8-14-18-2)12-6-9-15-19-3/h4-15H2,1-3H3. The molecule has 19 heavy (non-hydrogen) atoms. The Morgan fingerprint density at radius 1 is 0.526 bits per heavy atom. The molecule has 0 amide bonds. The Kier molecular flexibility index (Phi) is 15.8. The van der Waals surface area contributed by atoms with Gasteiger partial charge in [-0.2, -0.15) is 0 Å². The molecule has 0 radical (unpaired) electrons. The minimum atomic E-state index is 0.876. The normalized spacial score (nSPS) is 11.4. The molecule has 0 aromatic carbocycles. The summed E-state index contributed by atoms with van der Waals surface area (Å²) in [5, 5.41) is 0. The first-order chi connectivity index (χ1) is 9.35. The highest BCUT2D eigenvalue weighted by atomic mass is 16.5. The average molecular weight is 275 g/mol. The zero-order chi connectivity index (χ0) is 14.2. The SMILES string of the molecule is COCCCCN(CCCCOC)CCCCOC. The van der Waals surface area contributed by atoms with E-state index in [0.29, 0.717) is 0 Å². The van der Waals surface area contributed by atoms with Crippen molar-refractivity contribution in [2.75, 3.05) is 60.8 Å². The van der Waals surface area contributed by atoms with Gasteiger partial charge in [-0.3, -0.25) is 0 Å². The van der Waals surface area contributed by atoms with E-state index in [2.05, 4.69) is 4.90 Å². The van der Waals surface area contributed by atoms with Crippen molar-refractivity contribution in [3.05, 3.63) is 0 Å². The molecule has 0 rings (SSSR count). The summed E-state index contributed by atoms with van der Waals surface area (Å²) in [7, 11) is 5.31. The fraction of sp³-hybridized carbons (Fsp3) is 1.00. The van der Waals surface area contributed by atoms with E-state index >= 15 is 0 Å². The van der Waals surface area contributed by atoms with Crippen molar-refractivity contribution in [2.24, 2.45) is 0 Å². The van der Waals surface area contributed by atoms with Crippen LogP contribution in [0.2, 0.25) is 0 Å². The van der Waals surface area contributed by atoms with Crippen LogP contribution in [0.3, 0.4) is 0 Å². The molecule has 116 valence electrons. The van der Waals surface area contributed by atoms with Crippen LogP contribution in [0.15, 0.2) is 0 Å². The number of rotatable bonds is 15. The van der Waals surface area contributed by atoms with Crippen molar-refractivity contribution in [1.82, 2.24) is 4.90 Å². The molecule has 0 spiro atoms. The largest absolute Gasteiger partial charge is 0.385 e. The van der Waals surface area contributed by atoms with Gasteiger partial charge in [0, 0.05) is 41.2 Å². The number of methoxy groups -OCH3 is 3. The fourth-order valence-electron chi connectivity index (χ4n) is 2.08. The third-order valence-corrected chi connectivity index (χ3v) is 3.22. The topological polar surface area (TPSA) is 30.9 Å². The van der Waals surface area contributed by atoms with E-state index in [4.69, 9.17) is 14.2 Å². The molecule has 0 heterocycles. The molecule has 0 aliphatic carbocycles. The summed E-state index contributed by atoms with van der Waals surface area (Å²) >= 11 is 0. The van der Waals surface area contributed by atoms with Gasteiger partial charge in [0.2, 0.25) is 0 Å². The maximum atomic E-state index is 5.10. The molecule has 0 aromatic heterocycles. The molecule has 0 aromatic rings. The summed E-state index contributed by atoms with van der Waals surface area (Å²) in [6.07, 6.45) is 7.14. The van der Waals surface area contributed by atoms with Gasteiger partial charge in [0.05, 0.1) is 0 Å². The Labute approximate surface area is 119 Å². The molecule has 0 unspecified atom stereocenters. The van der Waals surface area contributed by atoms with Crippen LogP contribution in [-0.4, -0.2) is 65.7 Å². The van der Waals surface area contributed by atoms with Crippen molar-refractivity contribution in [3.8, 4) is 0 Å². The van der Waals surface area contributed by atoms with Gasteiger partial charge in [-0.1, -0.05) is 0 Å². The zero-order valence-corrected chi connectivity index (χ0v) is 13.2. The third kappa shape index (κ3) is 14.1. The molecule has 4 nitrogen and oxygen atoms in total. The first-order valence-electron chi connectivity index (χ1n) is 7.54. The molecule has 0 aliphatic heterocycles. The minimum Gasteiger partial charge on any atom is -0.385 e. The summed E-state index contributed by atoms with van der Waals surface area (Å²) in [4.78, 5) is 2.57. The van der Waals surface area contributed by atoms with Crippen LogP contribution in [0, 0.1) is 0 Å². The molecule has 0 N–H and O–H groups in total. The summed E-state index contributed by atoms with van der Waals surface area (Å²) in [6, 6.07) is 0. The van der Waals surface area contributed by atoms with Gasteiger partial charge in [0.25, 0.3) is 0 Å². The highest BCUT2D eigenvalue weighted by molar-refractivity contribution is 4.59. The maximum Gasteiger partial charge on any atom is 0.0462 e. The Balaban J connectivity index is 3.66. The number of hydrogen-bond acceptors (Lipinski definition) is 4. The smallest absolute Gasteiger partial charge is 0.0462 e. The molecule has 0 bridgehead atoms. The molecule has 0 fully saturated rings. The van der Waals surface area contributed by atoms with Gasteiger partial charge in [0.1, 0.15) is 0 Å². The summed E-state index contributed by atoms with van der Waals surface area (Å²) in [5.74, 6) is 0. The van der Waals surface area contributed by atoms with Gasteiger partial charge >= 0.3 is 0 Å². The van der Waals surface area contributed by atoms with Crippen LogP contribution in [0.1, 0.15) is 38.5 Å². The van der Waals surface area contributed by atoms with Crippen molar-refractivity contribution < 1.29 is 14.2 Å². The number of hydrogen-bond donors (Lipinski definition) is 0. The second-order valence-corrected chi connectivity index (χ2v) is 4.94. The average Bonchev–Trinajstić information content (AvgIpc) is 2.43. The summed E-state index contributed by atoms with van der Waals surface area (Å²) in [5.41, 5.74) is 0. The van der Waals surface area contributed by atoms with E-state index in [0.717, 1.165) is 39.1 Å². The van der Waals surface area contributed by atoms with Crippen LogP contribution in [0.25, 0.3) is 0 Å². The lowest BCUT2D eigenvalue weighted by Crippen LogP contribution is -2.28. The van der Waals surface area contributed by atoms with Crippen molar-refractivity contribution in [3.63, 3.8) is 0 Å². The van der Waals surface area contributed by atoms with E-state index in [9.17, 15) is 0 Å². The molecule has 0 saturated carbocycles. The van der Waals surface area contributed by atoms with Gasteiger partial charge in [-0.25, -0.2) is 0 Å². The summed E-state index contributed by atoms with van der Waals surface area (Å²) in [6.45, 7) is 6.18. The first kappa shape index (κ1) is 18.8. The highest BCUT2D eigenvalue weighted by Gasteiger charge is 2.04. The predicted molar refractivity (Wildman–Crippen MR) is 79.8 cm³/mol. The van der Waals surface area contributed by atoms with E-state index in [-0.39, 0.29) is 0 Å². The monoisotopic (exact) mass is 275 g/mol. The van der Waals surface area contributed by atoms with E-state index in [1.165, 1.54) is 38.9 Å². The fourth-order valence-corrected chi connectivity index (χ4v) is 2.08. The lowest BCUT2D eigenvalue weighted by molar-refractivity contribution is 0.167. The molecular formula is C15H33NO3. The van der Waals surface area contributed by atoms with Crippen LogP contribution in [-0.2, 0) is 14.2 Å². The molecule has 0 saturated heterocycles. The van der Waals surface area contributed by atoms with Gasteiger partial charge < -0.3 is 19.1 Å². The van der Waals surface area contributed by atoms with E-state index < -0.39 is 0 Å². The van der Waals surface area contributed by atoms with Gasteiger partial charge in [0.15, 0.2) is 0 Å². The lowest BCUT2D eigenvalue weighted by atomic mass is 10.2.